The molecule has 0 unspecified atom stereocenters. The van der Waals surface area contributed by atoms with Crippen molar-refractivity contribution in [2.24, 2.45) is 5.92 Å². The van der Waals surface area contributed by atoms with Crippen LogP contribution in [0, 0.1) is 5.92 Å². The van der Waals surface area contributed by atoms with Crippen molar-refractivity contribution in [2.75, 3.05) is 19.3 Å². The van der Waals surface area contributed by atoms with Crippen molar-refractivity contribution in [3.05, 3.63) is 36.0 Å². The van der Waals surface area contributed by atoms with Gasteiger partial charge in [0.2, 0.25) is 0 Å². The molecule has 1 aromatic carbocycles. The van der Waals surface area contributed by atoms with Crippen molar-refractivity contribution < 1.29 is 0 Å². The van der Waals surface area contributed by atoms with Gasteiger partial charge in [0.15, 0.2) is 0 Å². The Labute approximate surface area is 109 Å². The Kier molecular flexibility index (Phi) is 3.82. The van der Waals surface area contributed by atoms with Gasteiger partial charge in [0, 0.05) is 30.4 Å². The second kappa shape index (κ2) is 5.36. The van der Waals surface area contributed by atoms with E-state index >= 15 is 0 Å². The van der Waals surface area contributed by atoms with Gasteiger partial charge in [-0.1, -0.05) is 19.9 Å². The molecule has 18 heavy (non-hydrogen) atoms. The van der Waals surface area contributed by atoms with Gasteiger partial charge >= 0.3 is 0 Å². The monoisotopic (exact) mass is 243 g/mol. The topological polar surface area (TPSA) is 42.1 Å². The van der Waals surface area contributed by atoms with Crippen molar-refractivity contribution in [1.29, 1.82) is 0 Å². The zero-order valence-corrected chi connectivity index (χ0v) is 11.4. The van der Waals surface area contributed by atoms with Crippen LogP contribution < -0.4 is 5.73 Å². The van der Waals surface area contributed by atoms with Gasteiger partial charge in [-0.25, -0.2) is 0 Å². The van der Waals surface area contributed by atoms with E-state index in [1.807, 2.05) is 24.4 Å². The molecular weight excluding hydrogens is 222 g/mol. The van der Waals surface area contributed by atoms with Gasteiger partial charge in [0.1, 0.15) is 0 Å². The number of aromatic nitrogens is 1. The van der Waals surface area contributed by atoms with Crippen molar-refractivity contribution in [3.63, 3.8) is 0 Å². The first-order valence-electron chi connectivity index (χ1n) is 6.38. The molecule has 0 radical (unpaired) electrons. The lowest BCUT2D eigenvalue weighted by Gasteiger charge is -2.19. The van der Waals surface area contributed by atoms with Gasteiger partial charge in [-0.3, -0.25) is 4.98 Å². The molecule has 1 heterocycles. The van der Waals surface area contributed by atoms with E-state index in [4.69, 9.17) is 5.73 Å². The number of nitrogens with two attached hydrogens (primary N) is 1. The van der Waals surface area contributed by atoms with Gasteiger partial charge in [-0.05, 0) is 36.7 Å². The van der Waals surface area contributed by atoms with Gasteiger partial charge in [-0.15, -0.1) is 0 Å². The number of rotatable bonds is 4. The average Bonchev–Trinajstić information content (AvgIpc) is 2.32. The summed E-state index contributed by atoms with van der Waals surface area (Å²) in [7, 11) is 2.14. The molecule has 0 saturated carbocycles. The average molecular weight is 243 g/mol. The molecule has 3 nitrogen and oxygen atoms in total. The highest BCUT2D eigenvalue weighted by Crippen LogP contribution is 2.23. The van der Waals surface area contributed by atoms with Crippen LogP contribution in [0.4, 0.5) is 5.69 Å². The summed E-state index contributed by atoms with van der Waals surface area (Å²) in [6, 6.07) is 8.02. The summed E-state index contributed by atoms with van der Waals surface area (Å²) >= 11 is 0. The molecule has 1 aromatic heterocycles. The fraction of sp³-hybridized carbons (Fsp3) is 0.400. The van der Waals surface area contributed by atoms with Crippen molar-refractivity contribution in [3.8, 4) is 0 Å². The zero-order valence-electron chi connectivity index (χ0n) is 11.4. The summed E-state index contributed by atoms with van der Waals surface area (Å²) in [5.74, 6) is 0.669. The van der Waals surface area contributed by atoms with Gasteiger partial charge in [0.25, 0.3) is 0 Å². The number of hydrogen-bond acceptors (Lipinski definition) is 3. The Morgan fingerprint density at radius 3 is 2.78 bits per heavy atom. The number of nitrogens with zero attached hydrogens (tertiary/aromatic N) is 2. The minimum atomic E-state index is 0.669. The highest BCUT2D eigenvalue weighted by atomic mass is 15.1. The van der Waals surface area contributed by atoms with Crippen molar-refractivity contribution in [2.45, 2.75) is 20.4 Å². The van der Waals surface area contributed by atoms with Crippen LogP contribution in [-0.4, -0.2) is 23.5 Å². The summed E-state index contributed by atoms with van der Waals surface area (Å²) in [4.78, 5) is 6.79. The second-order valence-corrected chi connectivity index (χ2v) is 5.30. The molecule has 3 heteroatoms. The summed E-state index contributed by atoms with van der Waals surface area (Å²) in [5, 5.41) is 1.05. The van der Waals surface area contributed by atoms with Crippen LogP contribution in [0.25, 0.3) is 10.9 Å². The number of hydrogen-bond donors (Lipinski definition) is 1. The Morgan fingerprint density at radius 1 is 1.28 bits per heavy atom. The molecule has 2 aromatic rings. The SMILES string of the molecule is CC(C)CN(C)Cc1ccc(N)c2cccnc12. The molecule has 0 aliphatic heterocycles. The lowest BCUT2D eigenvalue weighted by atomic mass is 10.1. The molecule has 2 rings (SSSR count). The van der Waals surface area contributed by atoms with Crippen LogP contribution in [0.1, 0.15) is 19.4 Å². The molecule has 0 atom stereocenters. The maximum Gasteiger partial charge on any atom is 0.0767 e. The Hall–Kier alpha value is -1.61. The van der Waals surface area contributed by atoms with E-state index in [0.717, 1.165) is 29.7 Å². The van der Waals surface area contributed by atoms with E-state index < -0.39 is 0 Å². The molecule has 0 spiro atoms. The lowest BCUT2D eigenvalue weighted by molar-refractivity contribution is 0.289. The van der Waals surface area contributed by atoms with E-state index in [2.05, 4.69) is 36.8 Å². The molecule has 0 fully saturated rings. The largest absolute Gasteiger partial charge is 0.398 e. The maximum absolute atomic E-state index is 5.98. The van der Waals surface area contributed by atoms with Crippen LogP contribution in [0.3, 0.4) is 0 Å². The smallest absolute Gasteiger partial charge is 0.0767 e. The molecule has 0 aliphatic carbocycles. The molecule has 2 N–H and O–H groups in total. The van der Waals surface area contributed by atoms with Crippen LogP contribution in [0.5, 0.6) is 0 Å². The zero-order chi connectivity index (χ0) is 13.1. The first-order valence-corrected chi connectivity index (χ1v) is 6.38. The van der Waals surface area contributed by atoms with Crippen LogP contribution >= 0.6 is 0 Å². The number of pyridine rings is 1. The second-order valence-electron chi connectivity index (χ2n) is 5.30. The van der Waals surface area contributed by atoms with E-state index in [-0.39, 0.29) is 0 Å². The molecular formula is C15H21N3. The molecule has 0 amide bonds. The predicted octanol–water partition coefficient (Wildman–Crippen LogP) is 2.90. The van der Waals surface area contributed by atoms with E-state index in [9.17, 15) is 0 Å². The third kappa shape index (κ3) is 2.79. The third-order valence-electron chi connectivity index (χ3n) is 3.00. The van der Waals surface area contributed by atoms with Crippen LogP contribution in [-0.2, 0) is 6.54 Å². The Balaban J connectivity index is 2.31. The van der Waals surface area contributed by atoms with E-state index in [1.165, 1.54) is 5.56 Å². The molecule has 0 aliphatic rings. The highest BCUT2D eigenvalue weighted by molar-refractivity contribution is 5.92. The first kappa shape index (κ1) is 12.8. The van der Waals surface area contributed by atoms with Gasteiger partial charge < -0.3 is 10.6 Å². The summed E-state index contributed by atoms with van der Waals surface area (Å²) in [6.07, 6.45) is 1.83. The van der Waals surface area contributed by atoms with Crippen molar-refractivity contribution >= 4 is 16.6 Å². The lowest BCUT2D eigenvalue weighted by Crippen LogP contribution is -2.22. The fourth-order valence-corrected chi connectivity index (χ4v) is 2.36. The van der Waals surface area contributed by atoms with E-state index in [0.29, 0.717) is 5.92 Å². The van der Waals surface area contributed by atoms with Gasteiger partial charge in [0.05, 0.1) is 5.52 Å². The minimum absolute atomic E-state index is 0.669. The van der Waals surface area contributed by atoms with Gasteiger partial charge in [-0.2, -0.15) is 0 Å². The predicted molar refractivity (Wildman–Crippen MR) is 77.3 cm³/mol. The standard InChI is InChI=1S/C15H21N3/c1-11(2)9-18(3)10-12-6-7-14(16)13-5-4-8-17-15(12)13/h4-8,11H,9-10,16H2,1-3H3. The molecule has 96 valence electrons. The fourth-order valence-electron chi connectivity index (χ4n) is 2.36. The molecule has 0 bridgehead atoms. The first-order chi connectivity index (χ1) is 8.58. The van der Waals surface area contributed by atoms with Crippen molar-refractivity contribution in [1.82, 2.24) is 9.88 Å². The number of benzene rings is 1. The van der Waals surface area contributed by atoms with Crippen LogP contribution in [0.2, 0.25) is 0 Å². The van der Waals surface area contributed by atoms with E-state index in [1.54, 1.807) is 0 Å². The number of nitrogen functional groups attached to an aromatic ring is 1. The number of fused-ring (bicyclic) bond motifs is 1. The Morgan fingerprint density at radius 2 is 2.06 bits per heavy atom. The minimum Gasteiger partial charge on any atom is -0.398 e. The summed E-state index contributed by atoms with van der Waals surface area (Å²) in [6.45, 7) is 6.45. The summed E-state index contributed by atoms with van der Waals surface area (Å²) in [5.41, 5.74) is 9.04. The van der Waals surface area contributed by atoms with Crippen LogP contribution in [0.15, 0.2) is 30.5 Å². The summed E-state index contributed by atoms with van der Waals surface area (Å²) < 4.78 is 0. The normalized spacial score (nSPS) is 11.6. The third-order valence-corrected chi connectivity index (χ3v) is 3.00. The maximum atomic E-state index is 5.98. The quantitative estimate of drug-likeness (QED) is 0.840. The number of anilines is 1. The Bertz CT molecular complexity index is 534. The highest BCUT2D eigenvalue weighted by Gasteiger charge is 2.08. The molecule has 0 saturated heterocycles.